The van der Waals surface area contributed by atoms with Crippen molar-refractivity contribution in [3.05, 3.63) is 0 Å². The molecule has 0 heterocycles. The Labute approximate surface area is 49.1 Å². The number of hydrogen-bond donors (Lipinski definition) is 1. The van der Waals surface area contributed by atoms with Crippen molar-refractivity contribution in [2.75, 3.05) is 20.3 Å². The van der Waals surface area contributed by atoms with Crippen LogP contribution in [0.1, 0.15) is 6.92 Å². The summed E-state index contributed by atoms with van der Waals surface area (Å²) >= 11 is 0. The number of ether oxygens (including phenoxy) is 1. The first-order valence-corrected chi connectivity index (χ1v) is 2.56. The fraction of sp³-hybridized carbons (Fsp3) is 1.00. The lowest BCUT2D eigenvalue weighted by molar-refractivity contribution is -0.251. The zero-order chi connectivity index (χ0) is 6.41. The van der Waals surface area contributed by atoms with Crippen LogP contribution in [0.15, 0.2) is 0 Å². The van der Waals surface area contributed by atoms with Gasteiger partial charge in [0.15, 0.2) is 0 Å². The van der Waals surface area contributed by atoms with Gasteiger partial charge in [0.25, 0.3) is 0 Å². The summed E-state index contributed by atoms with van der Waals surface area (Å²) in [6.07, 6.45) is 0. The van der Waals surface area contributed by atoms with E-state index in [0.717, 1.165) is 0 Å². The first kappa shape index (κ1) is 7.88. The number of methoxy groups -OCH3 is 1. The minimum atomic E-state index is 0.269. The van der Waals surface area contributed by atoms with E-state index in [2.05, 4.69) is 4.89 Å². The molecular formula is C5H12O3. The number of hydrogen-bond acceptors (Lipinski definition) is 3. The van der Waals surface area contributed by atoms with E-state index in [1.165, 1.54) is 0 Å². The SMILES string of the molecule is COCC(C)COO. The van der Waals surface area contributed by atoms with Crippen LogP contribution in [0.3, 0.4) is 0 Å². The lowest BCUT2D eigenvalue weighted by Crippen LogP contribution is -2.09. The van der Waals surface area contributed by atoms with E-state index < -0.39 is 0 Å². The number of rotatable bonds is 4. The van der Waals surface area contributed by atoms with Gasteiger partial charge in [-0.1, -0.05) is 6.92 Å². The zero-order valence-electron chi connectivity index (χ0n) is 5.26. The smallest absolute Gasteiger partial charge is 0.0867 e. The van der Waals surface area contributed by atoms with E-state index in [-0.39, 0.29) is 5.92 Å². The molecule has 0 aromatic carbocycles. The minimum absolute atomic E-state index is 0.269. The van der Waals surface area contributed by atoms with Crippen molar-refractivity contribution in [3.8, 4) is 0 Å². The maximum absolute atomic E-state index is 7.91. The van der Waals surface area contributed by atoms with Crippen LogP contribution in [0.4, 0.5) is 0 Å². The molecule has 0 aliphatic heterocycles. The molecule has 0 spiro atoms. The Morgan fingerprint density at radius 3 is 2.50 bits per heavy atom. The van der Waals surface area contributed by atoms with Gasteiger partial charge in [0, 0.05) is 13.0 Å². The first-order valence-electron chi connectivity index (χ1n) is 2.56. The Balaban J connectivity index is 2.92. The van der Waals surface area contributed by atoms with Gasteiger partial charge < -0.3 is 4.74 Å². The summed E-state index contributed by atoms with van der Waals surface area (Å²) in [4.78, 5) is 3.88. The molecule has 0 amide bonds. The highest BCUT2D eigenvalue weighted by atomic mass is 17.1. The molecule has 1 N–H and O–H groups in total. The Hall–Kier alpha value is -0.120. The molecule has 3 heteroatoms. The predicted octanol–water partition coefficient (Wildman–Crippen LogP) is 0.758. The molecule has 0 saturated heterocycles. The van der Waals surface area contributed by atoms with Gasteiger partial charge >= 0.3 is 0 Å². The van der Waals surface area contributed by atoms with Crippen LogP contribution in [0.2, 0.25) is 0 Å². The summed E-state index contributed by atoms with van der Waals surface area (Å²) in [5, 5.41) is 7.91. The van der Waals surface area contributed by atoms with Gasteiger partial charge in [0.05, 0.1) is 13.2 Å². The van der Waals surface area contributed by atoms with Crippen LogP contribution in [0, 0.1) is 5.92 Å². The molecule has 1 atom stereocenters. The molecule has 0 aliphatic carbocycles. The molecule has 0 fully saturated rings. The maximum atomic E-state index is 7.91. The lowest BCUT2D eigenvalue weighted by atomic mass is 10.2. The molecule has 0 radical (unpaired) electrons. The Morgan fingerprint density at radius 2 is 2.12 bits per heavy atom. The Morgan fingerprint density at radius 1 is 1.50 bits per heavy atom. The summed E-state index contributed by atoms with van der Waals surface area (Å²) < 4.78 is 4.77. The average Bonchev–Trinajstić information content (AvgIpc) is 1.68. The highest BCUT2D eigenvalue weighted by Crippen LogP contribution is 1.93. The van der Waals surface area contributed by atoms with E-state index in [1.807, 2.05) is 6.92 Å². The predicted molar refractivity (Wildman–Crippen MR) is 29.6 cm³/mol. The van der Waals surface area contributed by atoms with Crippen molar-refractivity contribution in [3.63, 3.8) is 0 Å². The molecule has 1 unspecified atom stereocenters. The van der Waals surface area contributed by atoms with Gasteiger partial charge in [0.1, 0.15) is 0 Å². The van der Waals surface area contributed by atoms with Crippen LogP contribution in [-0.2, 0) is 9.62 Å². The second-order valence-electron chi connectivity index (χ2n) is 1.86. The molecule has 0 bridgehead atoms. The molecule has 8 heavy (non-hydrogen) atoms. The van der Waals surface area contributed by atoms with Crippen molar-refractivity contribution in [2.24, 2.45) is 5.92 Å². The van der Waals surface area contributed by atoms with Crippen molar-refractivity contribution in [2.45, 2.75) is 6.92 Å². The maximum Gasteiger partial charge on any atom is 0.0867 e. The Bertz CT molecular complexity index is 40.9. The fourth-order valence-corrected chi connectivity index (χ4v) is 0.460. The third-order valence-corrected chi connectivity index (χ3v) is 0.810. The molecular weight excluding hydrogens is 108 g/mol. The highest BCUT2D eigenvalue weighted by molar-refractivity contribution is 4.44. The molecule has 0 aliphatic rings. The Kier molecular flexibility index (Phi) is 4.95. The first-order chi connectivity index (χ1) is 3.81. The molecule has 0 rings (SSSR count). The van der Waals surface area contributed by atoms with Crippen molar-refractivity contribution in [1.29, 1.82) is 0 Å². The van der Waals surface area contributed by atoms with Gasteiger partial charge in [-0.2, -0.15) is 0 Å². The summed E-state index contributed by atoms with van der Waals surface area (Å²) in [5.41, 5.74) is 0. The topological polar surface area (TPSA) is 38.7 Å². The van der Waals surface area contributed by atoms with Gasteiger partial charge in [-0.3, -0.25) is 5.26 Å². The molecule has 0 aromatic heterocycles. The summed E-state index contributed by atoms with van der Waals surface area (Å²) in [6.45, 7) is 2.90. The largest absolute Gasteiger partial charge is 0.384 e. The minimum Gasteiger partial charge on any atom is -0.384 e. The molecule has 0 saturated carbocycles. The van der Waals surface area contributed by atoms with Gasteiger partial charge in [0.2, 0.25) is 0 Å². The van der Waals surface area contributed by atoms with E-state index in [0.29, 0.717) is 13.2 Å². The fourth-order valence-electron chi connectivity index (χ4n) is 0.460. The van der Waals surface area contributed by atoms with E-state index >= 15 is 0 Å². The standard InChI is InChI=1S/C5H12O3/c1-5(3-7-2)4-8-6/h5-6H,3-4H2,1-2H3. The molecule has 3 nitrogen and oxygen atoms in total. The summed E-state index contributed by atoms with van der Waals surface area (Å²) in [5.74, 6) is 0.269. The zero-order valence-corrected chi connectivity index (χ0v) is 5.26. The third kappa shape index (κ3) is 4.05. The van der Waals surface area contributed by atoms with Crippen molar-refractivity contribution < 1.29 is 14.9 Å². The van der Waals surface area contributed by atoms with E-state index in [4.69, 9.17) is 9.99 Å². The van der Waals surface area contributed by atoms with Crippen LogP contribution < -0.4 is 0 Å². The van der Waals surface area contributed by atoms with Crippen LogP contribution >= 0.6 is 0 Å². The average molecular weight is 120 g/mol. The summed E-state index contributed by atoms with van der Waals surface area (Å²) in [7, 11) is 1.62. The monoisotopic (exact) mass is 120 g/mol. The van der Waals surface area contributed by atoms with Crippen LogP contribution in [-0.4, -0.2) is 25.6 Å². The van der Waals surface area contributed by atoms with Crippen LogP contribution in [0.5, 0.6) is 0 Å². The van der Waals surface area contributed by atoms with Crippen LogP contribution in [0.25, 0.3) is 0 Å². The molecule has 50 valence electrons. The van der Waals surface area contributed by atoms with Gasteiger partial charge in [-0.25, -0.2) is 4.89 Å². The van der Waals surface area contributed by atoms with E-state index in [9.17, 15) is 0 Å². The molecule has 0 aromatic rings. The van der Waals surface area contributed by atoms with E-state index in [1.54, 1.807) is 7.11 Å². The second kappa shape index (κ2) is 5.03. The summed E-state index contributed by atoms with van der Waals surface area (Å²) in [6, 6.07) is 0. The third-order valence-electron chi connectivity index (χ3n) is 0.810. The van der Waals surface area contributed by atoms with Gasteiger partial charge in [-0.05, 0) is 0 Å². The quantitative estimate of drug-likeness (QED) is 0.439. The van der Waals surface area contributed by atoms with Crippen molar-refractivity contribution in [1.82, 2.24) is 0 Å². The second-order valence-corrected chi connectivity index (χ2v) is 1.86. The van der Waals surface area contributed by atoms with Gasteiger partial charge in [-0.15, -0.1) is 0 Å². The van der Waals surface area contributed by atoms with Crippen molar-refractivity contribution >= 4 is 0 Å². The highest BCUT2D eigenvalue weighted by Gasteiger charge is 1.98. The normalized spacial score (nSPS) is 13.9. The lowest BCUT2D eigenvalue weighted by Gasteiger charge is -2.05.